The Balaban J connectivity index is 2.00. The lowest BCUT2D eigenvalue weighted by Gasteiger charge is -2.27. The first kappa shape index (κ1) is 17.7. The van der Waals surface area contributed by atoms with Crippen LogP contribution < -0.4 is 10.9 Å². The second-order valence-electron chi connectivity index (χ2n) is 6.01. The van der Waals surface area contributed by atoms with E-state index < -0.39 is 42.0 Å². The standard InChI is InChI=1S/C17H16FN3O5/c18-8-12(22)14(17(25)26)20-15(23)11-6-3-7-13-19-10-5-2-1-4-9(10)16(24)21(11)13/h1-2,4-5,11,14H,3,6-8H2,(H,20,23)(H,25,26)/t11-,14?/m0/s1. The van der Waals surface area contributed by atoms with Crippen molar-refractivity contribution in [1.82, 2.24) is 14.9 Å². The van der Waals surface area contributed by atoms with Gasteiger partial charge in [-0.2, -0.15) is 0 Å². The van der Waals surface area contributed by atoms with Gasteiger partial charge in [0.15, 0.2) is 18.5 Å². The van der Waals surface area contributed by atoms with Crippen LogP contribution in [-0.4, -0.2) is 45.0 Å². The Morgan fingerprint density at radius 1 is 1.35 bits per heavy atom. The molecule has 26 heavy (non-hydrogen) atoms. The maximum absolute atomic E-state index is 12.8. The van der Waals surface area contributed by atoms with Crippen LogP contribution in [0.1, 0.15) is 24.7 Å². The predicted octanol–water partition coefficient (Wildman–Crippen LogP) is 0.382. The molecule has 3 rings (SSSR count). The van der Waals surface area contributed by atoms with Crippen molar-refractivity contribution in [3.05, 3.63) is 40.4 Å². The van der Waals surface area contributed by atoms with Crippen LogP contribution in [0.3, 0.4) is 0 Å². The number of Topliss-reactive ketones (excluding diaryl/α,β-unsaturated/α-hetero) is 1. The van der Waals surface area contributed by atoms with Crippen molar-refractivity contribution in [2.45, 2.75) is 31.3 Å². The summed E-state index contributed by atoms with van der Waals surface area (Å²) in [5.74, 6) is -3.31. The summed E-state index contributed by atoms with van der Waals surface area (Å²) in [5, 5.41) is 11.4. The highest BCUT2D eigenvalue weighted by molar-refractivity contribution is 6.06. The number of amides is 1. The lowest BCUT2D eigenvalue weighted by molar-refractivity contribution is -0.146. The number of nitrogens with one attached hydrogen (secondary N) is 1. The van der Waals surface area contributed by atoms with E-state index in [0.717, 1.165) is 0 Å². The molecule has 2 aromatic rings. The summed E-state index contributed by atoms with van der Waals surface area (Å²) in [7, 11) is 0. The Bertz CT molecular complexity index is 955. The first-order chi connectivity index (χ1) is 12.4. The van der Waals surface area contributed by atoms with Crippen LogP contribution >= 0.6 is 0 Å². The number of aliphatic carboxylic acids is 1. The average molecular weight is 361 g/mol. The van der Waals surface area contributed by atoms with Gasteiger partial charge in [-0.25, -0.2) is 14.2 Å². The molecule has 2 heterocycles. The SMILES string of the molecule is O=C(O)C(NC(=O)[C@@H]1CCCc2nc3ccccc3c(=O)n21)C(=O)CF. The molecule has 0 spiro atoms. The molecule has 0 radical (unpaired) electrons. The van der Waals surface area contributed by atoms with Gasteiger partial charge in [0.25, 0.3) is 5.56 Å². The lowest BCUT2D eigenvalue weighted by Crippen LogP contribution is -2.51. The monoisotopic (exact) mass is 361 g/mol. The van der Waals surface area contributed by atoms with E-state index in [-0.39, 0.29) is 6.42 Å². The summed E-state index contributed by atoms with van der Waals surface area (Å²) >= 11 is 0. The van der Waals surface area contributed by atoms with Gasteiger partial charge in [-0.3, -0.25) is 19.0 Å². The molecule has 0 fully saturated rings. The molecular formula is C17H16FN3O5. The fourth-order valence-electron chi connectivity index (χ4n) is 3.12. The number of nitrogens with zero attached hydrogens (tertiary/aromatic N) is 2. The molecular weight excluding hydrogens is 345 g/mol. The van der Waals surface area contributed by atoms with E-state index in [0.29, 0.717) is 29.6 Å². The maximum Gasteiger partial charge on any atom is 0.334 e. The predicted molar refractivity (Wildman–Crippen MR) is 88.5 cm³/mol. The third kappa shape index (κ3) is 3.07. The van der Waals surface area contributed by atoms with E-state index >= 15 is 0 Å². The Labute approximate surface area is 146 Å². The Hall–Kier alpha value is -3.10. The average Bonchev–Trinajstić information content (AvgIpc) is 2.64. The van der Waals surface area contributed by atoms with Crippen molar-refractivity contribution in [2.24, 2.45) is 0 Å². The van der Waals surface area contributed by atoms with Crippen molar-refractivity contribution in [2.75, 3.05) is 6.67 Å². The molecule has 1 aliphatic rings. The van der Waals surface area contributed by atoms with E-state index in [1.807, 2.05) is 5.32 Å². The topological polar surface area (TPSA) is 118 Å². The summed E-state index contributed by atoms with van der Waals surface area (Å²) in [5.41, 5.74) is 0.106. The molecule has 0 aliphatic carbocycles. The van der Waals surface area contributed by atoms with Crippen molar-refractivity contribution >= 4 is 28.6 Å². The van der Waals surface area contributed by atoms with Gasteiger partial charge in [0.05, 0.1) is 10.9 Å². The number of carbonyl (C=O) groups excluding carboxylic acids is 2. The number of para-hydroxylation sites is 1. The van der Waals surface area contributed by atoms with E-state index in [4.69, 9.17) is 5.11 Å². The summed E-state index contributed by atoms with van der Waals surface area (Å²) < 4.78 is 13.8. The van der Waals surface area contributed by atoms with E-state index in [1.165, 1.54) is 4.57 Å². The Morgan fingerprint density at radius 3 is 2.77 bits per heavy atom. The quantitative estimate of drug-likeness (QED) is 0.744. The zero-order chi connectivity index (χ0) is 18.8. The van der Waals surface area contributed by atoms with Crippen LogP contribution in [0.25, 0.3) is 10.9 Å². The fraction of sp³-hybridized carbons (Fsp3) is 0.353. The number of aromatic nitrogens is 2. The molecule has 0 saturated carbocycles. The molecule has 1 aromatic heterocycles. The van der Waals surface area contributed by atoms with Crippen molar-refractivity contribution in [3.63, 3.8) is 0 Å². The number of carboxylic acid groups (broad SMARTS) is 1. The van der Waals surface area contributed by atoms with E-state index in [2.05, 4.69) is 4.98 Å². The second-order valence-corrected chi connectivity index (χ2v) is 6.01. The number of alkyl halides is 1. The minimum Gasteiger partial charge on any atom is -0.479 e. The number of halogens is 1. The van der Waals surface area contributed by atoms with Gasteiger partial charge in [0.2, 0.25) is 5.91 Å². The van der Waals surface area contributed by atoms with Crippen LogP contribution in [0.5, 0.6) is 0 Å². The van der Waals surface area contributed by atoms with Gasteiger partial charge in [0.1, 0.15) is 11.9 Å². The molecule has 8 nitrogen and oxygen atoms in total. The molecule has 2 atom stereocenters. The van der Waals surface area contributed by atoms with Crippen molar-refractivity contribution in [3.8, 4) is 0 Å². The number of benzene rings is 1. The highest BCUT2D eigenvalue weighted by Crippen LogP contribution is 2.23. The third-order valence-corrected chi connectivity index (χ3v) is 4.36. The molecule has 1 aromatic carbocycles. The zero-order valence-electron chi connectivity index (χ0n) is 13.6. The number of carbonyl (C=O) groups is 3. The smallest absolute Gasteiger partial charge is 0.334 e. The number of rotatable bonds is 5. The molecule has 0 bridgehead atoms. The molecule has 1 aliphatic heterocycles. The van der Waals surface area contributed by atoms with Crippen molar-refractivity contribution in [1.29, 1.82) is 0 Å². The largest absolute Gasteiger partial charge is 0.479 e. The number of hydrogen-bond donors (Lipinski definition) is 2. The van der Waals surface area contributed by atoms with Gasteiger partial charge in [-0.1, -0.05) is 12.1 Å². The normalized spacial score (nSPS) is 17.3. The van der Waals surface area contributed by atoms with Crippen LogP contribution in [0.2, 0.25) is 0 Å². The Morgan fingerprint density at radius 2 is 2.08 bits per heavy atom. The van der Waals surface area contributed by atoms with E-state index in [1.54, 1.807) is 24.3 Å². The number of carboxylic acids is 1. The summed E-state index contributed by atoms with van der Waals surface area (Å²) in [6.45, 7) is -1.51. The second kappa shape index (κ2) is 7.03. The molecule has 2 N–H and O–H groups in total. The highest BCUT2D eigenvalue weighted by Gasteiger charge is 2.34. The number of ketones is 1. The van der Waals surface area contributed by atoms with Gasteiger partial charge in [-0.05, 0) is 25.0 Å². The zero-order valence-corrected chi connectivity index (χ0v) is 13.6. The summed E-state index contributed by atoms with van der Waals surface area (Å²) in [6.07, 6.45) is 1.35. The van der Waals surface area contributed by atoms with Crippen molar-refractivity contribution < 1.29 is 23.9 Å². The number of aryl methyl sites for hydroxylation is 1. The minimum absolute atomic E-state index is 0.287. The summed E-state index contributed by atoms with van der Waals surface area (Å²) in [6, 6.07) is 3.73. The first-order valence-corrected chi connectivity index (χ1v) is 8.06. The van der Waals surface area contributed by atoms with Gasteiger partial charge in [0, 0.05) is 6.42 Å². The van der Waals surface area contributed by atoms with E-state index in [9.17, 15) is 23.6 Å². The number of hydrogen-bond acceptors (Lipinski definition) is 5. The highest BCUT2D eigenvalue weighted by atomic mass is 19.1. The third-order valence-electron chi connectivity index (χ3n) is 4.36. The molecule has 9 heteroatoms. The first-order valence-electron chi connectivity index (χ1n) is 8.06. The molecule has 136 valence electrons. The minimum atomic E-state index is -1.98. The summed E-state index contributed by atoms with van der Waals surface area (Å²) in [4.78, 5) is 52.3. The van der Waals surface area contributed by atoms with Gasteiger partial charge in [-0.15, -0.1) is 0 Å². The fourth-order valence-corrected chi connectivity index (χ4v) is 3.12. The molecule has 1 amide bonds. The van der Waals surface area contributed by atoms with Crippen LogP contribution in [0.4, 0.5) is 4.39 Å². The Kier molecular flexibility index (Phi) is 4.79. The number of fused-ring (bicyclic) bond motifs is 2. The van der Waals surface area contributed by atoms with Crippen LogP contribution in [0, 0.1) is 0 Å². The van der Waals surface area contributed by atoms with Gasteiger partial charge < -0.3 is 10.4 Å². The lowest BCUT2D eigenvalue weighted by atomic mass is 10.0. The maximum atomic E-state index is 12.8. The van der Waals surface area contributed by atoms with Crippen LogP contribution in [0.15, 0.2) is 29.1 Å². The van der Waals surface area contributed by atoms with Gasteiger partial charge >= 0.3 is 5.97 Å². The van der Waals surface area contributed by atoms with Crippen LogP contribution in [-0.2, 0) is 20.8 Å². The molecule has 0 saturated heterocycles. The molecule has 1 unspecified atom stereocenters.